The zero-order valence-corrected chi connectivity index (χ0v) is 36.9. The number of carbonyl (C=O) groups is 5. The lowest BCUT2D eigenvalue weighted by Crippen LogP contribution is -2.62. The first-order chi connectivity index (χ1) is 32.3. The summed E-state index contributed by atoms with van der Waals surface area (Å²) in [5, 5.41) is 27.4. The van der Waals surface area contributed by atoms with Crippen molar-refractivity contribution in [3.63, 3.8) is 0 Å². The number of ether oxygens (including phenoxy) is 1. The lowest BCUT2D eigenvalue weighted by atomic mass is 10.00. The molecule has 1 fully saturated rings. The number of hydrogen-bond donors (Lipinski definition) is 9. The number of para-hydroxylation sites is 1. The number of aromatic amines is 2. The summed E-state index contributed by atoms with van der Waals surface area (Å²) in [4.78, 5) is 100. The zero-order chi connectivity index (χ0) is 47.6. The van der Waals surface area contributed by atoms with Gasteiger partial charge in [-0.1, -0.05) is 91.0 Å². The molecule has 7 rings (SSSR count). The Morgan fingerprint density at radius 2 is 1.52 bits per heavy atom. The molecule has 1 saturated heterocycles. The molecule has 19 heteroatoms. The van der Waals surface area contributed by atoms with Crippen LogP contribution in [0.2, 0.25) is 0 Å². The van der Waals surface area contributed by atoms with Crippen molar-refractivity contribution in [3.8, 4) is 0 Å². The maximum Gasteiger partial charge on any atom is 0.330 e. The Labute approximate surface area is 384 Å². The monoisotopic (exact) mass is 914 g/mol. The third-order valence-electron chi connectivity index (χ3n) is 11.9. The van der Waals surface area contributed by atoms with E-state index >= 15 is 0 Å². The molecule has 0 radical (unpaired) electrons. The number of aromatic nitrogens is 3. The van der Waals surface area contributed by atoms with E-state index in [9.17, 15) is 38.7 Å². The van der Waals surface area contributed by atoms with E-state index in [4.69, 9.17) is 10.5 Å². The fraction of sp³-hybridized carbons (Fsp3) is 0.312. The molecule has 350 valence electrons. The standard InChI is InChI=1S/C48H54N10O9/c1-28(57(2)41(61)24-49)42(45(64)52-27-34-23-39(59)46(67-34)58-19-18-40(60)55-48(58)66)56-44(63)37(21-30-16-17-31-12-6-7-13-32(31)20-30)53-47(65)54-38(43(62)51-25-29-10-4-3-5-11-29)22-33-26-50-36-15-9-8-14-35(33)36/h3-20,26,28,34,37-39,42,46,50,59H,21-25,27,49H2,1-2H3,(H,51,62)(H,52,64)(H,56,63)(H2,53,54,65)(H,55,60,66)/t28-,34+,37?,38?,39+,42-,46+/m0/s1. The molecule has 1 aliphatic rings. The van der Waals surface area contributed by atoms with Crippen LogP contribution < -0.4 is 43.6 Å². The first-order valence-corrected chi connectivity index (χ1v) is 21.9. The number of nitrogens with one attached hydrogen (secondary N) is 7. The second kappa shape index (κ2) is 21.6. The number of aliphatic hydroxyl groups is 1. The van der Waals surface area contributed by atoms with Gasteiger partial charge in [0.15, 0.2) is 6.23 Å². The van der Waals surface area contributed by atoms with E-state index in [-0.39, 0.29) is 38.9 Å². The molecular weight excluding hydrogens is 861 g/mol. The van der Waals surface area contributed by atoms with E-state index in [0.717, 1.165) is 43.4 Å². The minimum atomic E-state index is -1.42. The van der Waals surface area contributed by atoms with Crippen molar-refractivity contribution in [3.05, 3.63) is 153 Å². The van der Waals surface area contributed by atoms with Crippen LogP contribution in [0.5, 0.6) is 0 Å². The fourth-order valence-corrected chi connectivity index (χ4v) is 8.12. The van der Waals surface area contributed by atoms with E-state index in [2.05, 4.69) is 36.6 Å². The summed E-state index contributed by atoms with van der Waals surface area (Å²) in [5.74, 6) is -2.50. The number of nitrogens with zero attached hydrogens (tertiary/aromatic N) is 2. The van der Waals surface area contributed by atoms with Crippen molar-refractivity contribution in [1.82, 2.24) is 46.0 Å². The average Bonchev–Trinajstić information content (AvgIpc) is 3.92. The van der Waals surface area contributed by atoms with Crippen LogP contribution in [0.4, 0.5) is 4.79 Å². The third kappa shape index (κ3) is 11.8. The molecule has 4 aromatic carbocycles. The van der Waals surface area contributed by atoms with Gasteiger partial charge < -0.3 is 52.0 Å². The number of aliphatic hydroxyl groups excluding tert-OH is 1. The maximum absolute atomic E-state index is 14.6. The van der Waals surface area contributed by atoms with E-state index in [1.807, 2.05) is 97.1 Å². The lowest BCUT2D eigenvalue weighted by Gasteiger charge is -2.33. The summed E-state index contributed by atoms with van der Waals surface area (Å²) >= 11 is 0. The first-order valence-electron chi connectivity index (χ1n) is 21.9. The largest absolute Gasteiger partial charge is 0.388 e. The van der Waals surface area contributed by atoms with Crippen LogP contribution in [0.3, 0.4) is 0 Å². The maximum atomic E-state index is 14.6. The molecule has 0 spiro atoms. The molecule has 10 N–H and O–H groups in total. The van der Waals surface area contributed by atoms with E-state index in [1.165, 1.54) is 18.1 Å². The van der Waals surface area contributed by atoms with E-state index in [0.29, 0.717) is 5.56 Å². The van der Waals surface area contributed by atoms with Gasteiger partial charge in [-0.05, 0) is 40.5 Å². The highest BCUT2D eigenvalue weighted by molar-refractivity contribution is 5.94. The number of nitrogens with two attached hydrogens (primary N) is 1. The third-order valence-corrected chi connectivity index (χ3v) is 11.9. The van der Waals surface area contributed by atoms with Crippen LogP contribution in [-0.2, 0) is 43.3 Å². The first kappa shape index (κ1) is 47.4. The van der Waals surface area contributed by atoms with Gasteiger partial charge in [-0.25, -0.2) is 9.59 Å². The van der Waals surface area contributed by atoms with Crippen molar-refractivity contribution in [1.29, 1.82) is 0 Å². The number of hydrogen-bond acceptors (Lipinski definition) is 10. The summed E-state index contributed by atoms with van der Waals surface area (Å²) in [6, 6.07) is 25.6. The van der Waals surface area contributed by atoms with Gasteiger partial charge >= 0.3 is 11.7 Å². The van der Waals surface area contributed by atoms with Crippen molar-refractivity contribution in [2.75, 3.05) is 20.1 Å². The molecular formula is C48H54N10O9. The number of amides is 6. The minimum Gasteiger partial charge on any atom is -0.388 e. The van der Waals surface area contributed by atoms with Gasteiger partial charge in [-0.3, -0.25) is 33.5 Å². The molecule has 2 aromatic heterocycles. The summed E-state index contributed by atoms with van der Waals surface area (Å²) < 4.78 is 6.93. The molecule has 1 aliphatic heterocycles. The predicted octanol–water partition coefficient (Wildman–Crippen LogP) is 1.06. The molecule has 0 saturated carbocycles. The fourth-order valence-electron chi connectivity index (χ4n) is 8.12. The van der Waals surface area contributed by atoms with Gasteiger partial charge in [-0.2, -0.15) is 0 Å². The van der Waals surface area contributed by atoms with Crippen molar-refractivity contribution < 1.29 is 33.8 Å². The Bertz CT molecular complexity index is 2850. The summed E-state index contributed by atoms with van der Waals surface area (Å²) in [5.41, 5.74) is 7.42. The Hall–Kier alpha value is -7.61. The quantitative estimate of drug-likeness (QED) is 0.0592. The molecule has 3 heterocycles. The minimum absolute atomic E-state index is 0.00704. The number of fused-ring (bicyclic) bond motifs is 2. The van der Waals surface area contributed by atoms with Crippen molar-refractivity contribution >= 4 is 51.3 Å². The Morgan fingerprint density at radius 3 is 2.27 bits per heavy atom. The smallest absolute Gasteiger partial charge is 0.330 e. The number of rotatable bonds is 18. The highest BCUT2D eigenvalue weighted by atomic mass is 16.5. The Balaban J connectivity index is 1.12. The molecule has 0 aliphatic carbocycles. The van der Waals surface area contributed by atoms with Crippen LogP contribution in [-0.4, -0.2) is 111 Å². The summed E-state index contributed by atoms with van der Waals surface area (Å²) in [6.07, 6.45) is -0.0810. The predicted molar refractivity (Wildman–Crippen MR) is 249 cm³/mol. The van der Waals surface area contributed by atoms with Crippen LogP contribution in [0.1, 0.15) is 36.3 Å². The zero-order valence-electron chi connectivity index (χ0n) is 36.9. The van der Waals surface area contributed by atoms with E-state index in [1.54, 1.807) is 13.1 Å². The average molecular weight is 915 g/mol. The highest BCUT2D eigenvalue weighted by Crippen LogP contribution is 2.27. The number of benzene rings is 4. The SMILES string of the molecule is C[C@@H]([C@H](NC(=O)C(Cc1ccc2ccccc2c1)NC(=O)NC(Cc1c[nH]c2ccccc12)C(=O)NCc1ccccc1)C(=O)NC[C@H]1C[C@@H](O)[C@H](n2ccc(=O)[nH]c2=O)O1)N(C)C(=O)CN. The second-order valence-electron chi connectivity index (χ2n) is 16.5. The Morgan fingerprint density at radius 1 is 0.821 bits per heavy atom. The van der Waals surface area contributed by atoms with Gasteiger partial charge in [0.25, 0.3) is 5.56 Å². The number of carbonyl (C=O) groups excluding carboxylic acids is 5. The van der Waals surface area contributed by atoms with E-state index < -0.39 is 83.5 Å². The van der Waals surface area contributed by atoms with Gasteiger partial charge in [0.05, 0.1) is 18.7 Å². The van der Waals surface area contributed by atoms with Crippen LogP contribution >= 0.6 is 0 Å². The van der Waals surface area contributed by atoms with Crippen LogP contribution in [0.25, 0.3) is 21.7 Å². The molecule has 7 atom stereocenters. The van der Waals surface area contributed by atoms with Crippen molar-refractivity contribution in [2.24, 2.45) is 5.73 Å². The van der Waals surface area contributed by atoms with Gasteiger partial charge in [0.2, 0.25) is 23.6 Å². The molecule has 67 heavy (non-hydrogen) atoms. The second-order valence-corrected chi connectivity index (χ2v) is 16.5. The number of H-pyrrole nitrogens is 2. The summed E-state index contributed by atoms with van der Waals surface area (Å²) in [6.45, 7) is 1.19. The molecule has 6 aromatic rings. The van der Waals surface area contributed by atoms with Gasteiger partial charge in [0, 0.05) is 68.8 Å². The topological polar surface area (TPSA) is 275 Å². The summed E-state index contributed by atoms with van der Waals surface area (Å²) in [7, 11) is 1.43. The van der Waals surface area contributed by atoms with Gasteiger partial charge in [-0.15, -0.1) is 0 Å². The van der Waals surface area contributed by atoms with Gasteiger partial charge in [0.1, 0.15) is 24.2 Å². The highest BCUT2D eigenvalue weighted by Gasteiger charge is 2.38. The van der Waals surface area contributed by atoms with Crippen LogP contribution in [0, 0.1) is 0 Å². The molecule has 2 unspecified atom stereocenters. The van der Waals surface area contributed by atoms with Crippen molar-refractivity contribution in [2.45, 2.75) is 75.3 Å². The van der Waals surface area contributed by atoms with Crippen LogP contribution in [0.15, 0.2) is 125 Å². The number of likely N-dealkylation sites (N-methyl/N-ethyl adjacent to an activating group) is 1. The number of urea groups is 1. The molecule has 0 bridgehead atoms. The molecule has 19 nitrogen and oxygen atoms in total. The Kier molecular flexibility index (Phi) is 15.3. The normalized spacial score (nSPS) is 17.5. The lowest BCUT2D eigenvalue weighted by molar-refractivity contribution is -0.136. The molecule has 6 amide bonds.